The highest BCUT2D eigenvalue weighted by atomic mass is 32.1. The van der Waals surface area contributed by atoms with Gasteiger partial charge in [-0.1, -0.05) is 38.5 Å². The van der Waals surface area contributed by atoms with E-state index < -0.39 is 5.97 Å². The smallest absolute Gasteiger partial charge is 0.285 e. The fourth-order valence-corrected chi connectivity index (χ4v) is 4.42. The summed E-state index contributed by atoms with van der Waals surface area (Å²) in [6.07, 6.45) is 3.63. The van der Waals surface area contributed by atoms with Crippen molar-refractivity contribution in [2.24, 2.45) is 17.8 Å². The van der Waals surface area contributed by atoms with Gasteiger partial charge in [0.1, 0.15) is 0 Å². The molecule has 0 saturated heterocycles. The lowest BCUT2D eigenvalue weighted by Crippen LogP contribution is -2.54. The summed E-state index contributed by atoms with van der Waals surface area (Å²) < 4.78 is 2.04. The molecule has 4 heteroatoms. The van der Waals surface area contributed by atoms with E-state index in [1.54, 1.807) is 0 Å². The number of aryl methyl sites for hydroxylation is 1. The van der Waals surface area contributed by atoms with Gasteiger partial charge in [0.2, 0.25) is 0 Å². The summed E-state index contributed by atoms with van der Waals surface area (Å²) in [6.45, 7) is 8.75. The van der Waals surface area contributed by atoms with E-state index in [1.165, 1.54) is 30.6 Å². The molecule has 0 N–H and O–H groups in total. The molecule has 0 spiro atoms. The van der Waals surface area contributed by atoms with E-state index >= 15 is 0 Å². The van der Waals surface area contributed by atoms with Crippen molar-refractivity contribution in [1.29, 1.82) is 0 Å². The molecular weight excluding hydrogens is 258 g/mol. The Morgan fingerprint density at radius 3 is 2.74 bits per heavy atom. The minimum atomic E-state index is -1.04. The third-order valence-electron chi connectivity index (χ3n) is 4.49. The number of nitrogens with zero attached hydrogens (tertiary/aromatic N) is 1. The van der Waals surface area contributed by atoms with E-state index in [4.69, 9.17) is 0 Å². The zero-order valence-corrected chi connectivity index (χ0v) is 13.0. The molecule has 1 fully saturated rings. The van der Waals surface area contributed by atoms with Gasteiger partial charge in [-0.25, -0.2) is 0 Å². The summed E-state index contributed by atoms with van der Waals surface area (Å²) in [4.78, 5) is 11.3. The molecule has 0 aromatic carbocycles. The van der Waals surface area contributed by atoms with E-state index in [0.717, 1.165) is 5.69 Å². The number of carboxylic acid groups (broad SMARTS) is 1. The first-order valence-corrected chi connectivity index (χ1v) is 8.02. The highest BCUT2D eigenvalue weighted by molar-refractivity contribution is 7.11. The third-order valence-corrected chi connectivity index (χ3v) is 5.53. The zero-order valence-electron chi connectivity index (χ0n) is 12.2. The number of hydrogen-bond donors (Lipinski definition) is 0. The molecule has 1 aromatic rings. The van der Waals surface area contributed by atoms with Gasteiger partial charge in [-0.15, -0.1) is 0 Å². The largest absolute Gasteiger partial charge is 0.539 e. The van der Waals surface area contributed by atoms with Crippen LogP contribution in [0.1, 0.15) is 61.6 Å². The van der Waals surface area contributed by atoms with Gasteiger partial charge in [0.05, 0.1) is 5.38 Å². The molecule has 2 rings (SSSR count). The number of carboxylic acids is 1. The molecule has 19 heavy (non-hydrogen) atoms. The van der Waals surface area contributed by atoms with Gasteiger partial charge in [-0.05, 0) is 18.8 Å². The number of carbonyl (C=O) groups is 1. The van der Waals surface area contributed by atoms with Crippen molar-refractivity contribution in [3.63, 3.8) is 0 Å². The van der Waals surface area contributed by atoms with Gasteiger partial charge >= 0.3 is 0 Å². The quantitative estimate of drug-likeness (QED) is 0.798. The Bertz CT molecular complexity index is 467. The maximum atomic E-state index is 11.3. The monoisotopic (exact) mass is 281 g/mol. The molecular formula is C15H23NO2S. The maximum absolute atomic E-state index is 11.3. The number of rotatable bonds is 3. The van der Waals surface area contributed by atoms with Crippen LogP contribution in [-0.4, -0.2) is 5.97 Å². The number of aromatic carboxylic acids is 1. The van der Waals surface area contributed by atoms with E-state index in [2.05, 4.69) is 20.8 Å². The lowest BCUT2D eigenvalue weighted by Gasteiger charge is -2.35. The van der Waals surface area contributed by atoms with Crippen LogP contribution in [0, 0.1) is 24.7 Å². The van der Waals surface area contributed by atoms with Crippen LogP contribution in [0.2, 0.25) is 0 Å². The number of carbonyl (C=O) groups excluding carboxylic acids is 1. The Morgan fingerprint density at radius 1 is 1.47 bits per heavy atom. The van der Waals surface area contributed by atoms with Crippen molar-refractivity contribution in [2.45, 2.75) is 53.0 Å². The van der Waals surface area contributed by atoms with Gasteiger partial charge < -0.3 is 9.90 Å². The number of aromatic nitrogens is 1. The number of thiazole rings is 1. The van der Waals surface area contributed by atoms with Crippen molar-refractivity contribution in [3.8, 4) is 0 Å². The Kier molecular flexibility index (Phi) is 4.29. The summed E-state index contributed by atoms with van der Waals surface area (Å²) >= 11 is 1.29. The van der Waals surface area contributed by atoms with Crippen LogP contribution in [0.3, 0.4) is 0 Å². The van der Waals surface area contributed by atoms with Crippen molar-refractivity contribution in [2.75, 3.05) is 0 Å². The summed E-state index contributed by atoms with van der Waals surface area (Å²) in [7, 11) is 0. The lowest BCUT2D eigenvalue weighted by molar-refractivity contribution is -0.744. The third kappa shape index (κ3) is 2.69. The minimum Gasteiger partial charge on any atom is -0.539 e. The van der Waals surface area contributed by atoms with Gasteiger partial charge in [-0.2, -0.15) is 4.57 Å². The molecule has 0 bridgehead atoms. The lowest BCUT2D eigenvalue weighted by atomic mass is 9.72. The van der Waals surface area contributed by atoms with Gasteiger partial charge in [0.15, 0.2) is 17.7 Å². The first kappa shape index (κ1) is 14.5. The summed E-state index contributed by atoms with van der Waals surface area (Å²) in [6, 6.07) is 0.299. The van der Waals surface area contributed by atoms with E-state index in [9.17, 15) is 9.90 Å². The minimum absolute atomic E-state index is 0.299. The highest BCUT2D eigenvalue weighted by Gasteiger charge is 2.42. The standard InChI is InChI=1S/C15H23NO2S/c1-9(2)12-7-5-6-10(3)13(12)16-11(4)8-19-14(16)15(17)18/h8-10,12-13H,5-7H2,1-4H3. The van der Waals surface area contributed by atoms with Crippen molar-refractivity contribution < 1.29 is 14.5 Å². The van der Waals surface area contributed by atoms with Gasteiger partial charge in [-0.3, -0.25) is 0 Å². The van der Waals surface area contributed by atoms with Crippen LogP contribution < -0.4 is 9.67 Å². The first-order chi connectivity index (χ1) is 8.93. The van der Waals surface area contributed by atoms with Crippen molar-refractivity contribution in [1.82, 2.24) is 0 Å². The predicted molar refractivity (Wildman–Crippen MR) is 74.0 cm³/mol. The fourth-order valence-electron chi connectivity index (χ4n) is 3.54. The van der Waals surface area contributed by atoms with Crippen LogP contribution >= 0.6 is 11.3 Å². The maximum Gasteiger partial charge on any atom is 0.285 e. The highest BCUT2D eigenvalue weighted by Crippen LogP contribution is 2.40. The molecule has 0 amide bonds. The zero-order chi connectivity index (χ0) is 14.2. The van der Waals surface area contributed by atoms with E-state index in [-0.39, 0.29) is 0 Å². The molecule has 3 unspecified atom stereocenters. The molecule has 1 aliphatic carbocycles. The van der Waals surface area contributed by atoms with Crippen molar-refractivity contribution >= 4 is 17.3 Å². The Hall–Kier alpha value is -0.900. The van der Waals surface area contributed by atoms with Crippen LogP contribution in [0.4, 0.5) is 0 Å². The molecule has 1 aliphatic rings. The van der Waals surface area contributed by atoms with E-state index in [1.807, 2.05) is 16.9 Å². The average Bonchev–Trinajstić information content (AvgIpc) is 2.70. The Labute approximate surface area is 119 Å². The van der Waals surface area contributed by atoms with Crippen molar-refractivity contribution in [3.05, 3.63) is 16.1 Å². The molecule has 0 radical (unpaired) electrons. The topological polar surface area (TPSA) is 44.0 Å². The van der Waals surface area contributed by atoms with Crippen LogP contribution in [0.25, 0.3) is 0 Å². The van der Waals surface area contributed by atoms with Crippen LogP contribution in [0.15, 0.2) is 5.38 Å². The average molecular weight is 281 g/mol. The van der Waals surface area contributed by atoms with E-state index in [0.29, 0.717) is 28.8 Å². The molecule has 1 aromatic heterocycles. The molecule has 1 saturated carbocycles. The Balaban J connectivity index is 2.47. The molecule has 3 atom stereocenters. The Morgan fingerprint density at radius 2 is 2.16 bits per heavy atom. The molecule has 1 heterocycles. The number of hydrogen-bond acceptors (Lipinski definition) is 3. The molecule has 106 valence electrons. The SMILES string of the molecule is Cc1csc(C(=O)[O-])[n+]1C1C(C)CCCC1C(C)C. The second kappa shape index (κ2) is 5.61. The van der Waals surface area contributed by atoms with Gasteiger partial charge in [0, 0.05) is 18.8 Å². The van der Waals surface area contributed by atoms with Gasteiger partial charge in [0.25, 0.3) is 5.01 Å². The van der Waals surface area contributed by atoms with Crippen LogP contribution in [-0.2, 0) is 0 Å². The summed E-state index contributed by atoms with van der Waals surface area (Å²) in [5, 5.41) is 13.7. The van der Waals surface area contributed by atoms with Crippen LogP contribution in [0.5, 0.6) is 0 Å². The normalized spacial score (nSPS) is 27.7. The summed E-state index contributed by atoms with van der Waals surface area (Å²) in [5.74, 6) is 0.616. The second-order valence-electron chi connectivity index (χ2n) is 6.15. The predicted octanol–water partition coefficient (Wildman–Crippen LogP) is 2.34. The molecule has 3 nitrogen and oxygen atoms in total. The fraction of sp³-hybridized carbons (Fsp3) is 0.733. The first-order valence-electron chi connectivity index (χ1n) is 7.14. The second-order valence-corrected chi connectivity index (χ2v) is 7.00. The summed E-state index contributed by atoms with van der Waals surface area (Å²) in [5.41, 5.74) is 1.05. The molecule has 0 aliphatic heterocycles.